The Bertz CT molecular complexity index is 395. The predicted octanol–water partition coefficient (Wildman–Crippen LogP) is 4.08. The summed E-state index contributed by atoms with van der Waals surface area (Å²) in [5, 5.41) is 0.483. The second-order valence-electron chi connectivity index (χ2n) is 4.00. The molecule has 102 valence electrons. The summed E-state index contributed by atoms with van der Waals surface area (Å²) < 4.78 is 41.2. The molecule has 0 aliphatic carbocycles. The summed E-state index contributed by atoms with van der Waals surface area (Å²) in [7, 11) is 1.48. The number of nitrogens with two attached hydrogens (primary N) is 1. The average Bonchev–Trinajstić information content (AvgIpc) is 2.27. The number of ether oxygens (including phenoxy) is 1. The average molecular weight is 282 g/mol. The number of rotatable bonds is 5. The monoisotopic (exact) mass is 281 g/mol. The van der Waals surface area contributed by atoms with Crippen LogP contribution in [-0.4, -0.2) is 13.3 Å². The lowest BCUT2D eigenvalue weighted by Crippen LogP contribution is -2.14. The van der Waals surface area contributed by atoms with Gasteiger partial charge in [-0.3, -0.25) is 0 Å². The maximum absolute atomic E-state index is 12.0. The molecule has 0 fully saturated rings. The van der Waals surface area contributed by atoms with E-state index in [1.165, 1.54) is 7.11 Å². The molecule has 0 amide bonds. The molecule has 0 aliphatic heterocycles. The quantitative estimate of drug-likeness (QED) is 0.882. The van der Waals surface area contributed by atoms with E-state index >= 15 is 0 Å². The van der Waals surface area contributed by atoms with Gasteiger partial charge < -0.3 is 10.5 Å². The zero-order valence-corrected chi connectivity index (χ0v) is 10.7. The first-order chi connectivity index (χ1) is 8.33. The molecule has 1 unspecified atom stereocenters. The Morgan fingerprint density at radius 2 is 2.06 bits per heavy atom. The summed E-state index contributed by atoms with van der Waals surface area (Å²) >= 11 is 5.83. The van der Waals surface area contributed by atoms with E-state index in [0.29, 0.717) is 16.3 Å². The molecule has 18 heavy (non-hydrogen) atoms. The highest BCUT2D eigenvalue weighted by atomic mass is 35.5. The molecule has 1 aromatic rings. The van der Waals surface area contributed by atoms with Gasteiger partial charge in [0.1, 0.15) is 5.75 Å². The fourth-order valence-corrected chi connectivity index (χ4v) is 1.85. The van der Waals surface area contributed by atoms with Gasteiger partial charge in [0.2, 0.25) is 0 Å². The van der Waals surface area contributed by atoms with Crippen LogP contribution in [0.25, 0.3) is 0 Å². The zero-order valence-electron chi connectivity index (χ0n) is 9.93. The summed E-state index contributed by atoms with van der Waals surface area (Å²) in [6.07, 6.45) is -4.75. The first-order valence-corrected chi connectivity index (χ1v) is 5.87. The van der Waals surface area contributed by atoms with Gasteiger partial charge >= 0.3 is 6.18 Å². The molecule has 0 radical (unpaired) electrons. The smallest absolute Gasteiger partial charge is 0.389 e. The standard InChI is InChI=1S/C12H15ClF3NO/c1-18-11-5-4-8(13)7-9(11)10(17)3-2-6-12(14,15)16/h4-5,7,10H,2-3,6,17H2,1H3. The first kappa shape index (κ1) is 15.1. The van der Waals surface area contributed by atoms with Crippen molar-refractivity contribution in [2.45, 2.75) is 31.5 Å². The van der Waals surface area contributed by atoms with E-state index in [2.05, 4.69) is 0 Å². The topological polar surface area (TPSA) is 35.2 Å². The highest BCUT2D eigenvalue weighted by Gasteiger charge is 2.26. The molecule has 1 rings (SSSR count). The molecule has 0 aliphatic rings. The third-order valence-corrected chi connectivity index (χ3v) is 2.80. The second kappa shape index (κ2) is 6.29. The van der Waals surface area contributed by atoms with Gasteiger partial charge in [0.15, 0.2) is 0 Å². The van der Waals surface area contributed by atoms with Crippen molar-refractivity contribution in [2.24, 2.45) is 5.73 Å². The minimum Gasteiger partial charge on any atom is -0.496 e. The molecule has 2 N–H and O–H groups in total. The summed E-state index contributed by atoms with van der Waals surface area (Å²) in [5.74, 6) is 0.541. The van der Waals surface area contributed by atoms with Crippen molar-refractivity contribution in [1.29, 1.82) is 0 Å². The fraction of sp³-hybridized carbons (Fsp3) is 0.500. The summed E-state index contributed by atoms with van der Waals surface area (Å²) in [6, 6.07) is 4.41. The SMILES string of the molecule is COc1ccc(Cl)cc1C(N)CCCC(F)(F)F. The van der Waals surface area contributed by atoms with Gasteiger partial charge in [-0.05, 0) is 31.0 Å². The van der Waals surface area contributed by atoms with Crippen LogP contribution < -0.4 is 10.5 Å². The van der Waals surface area contributed by atoms with Crippen molar-refractivity contribution >= 4 is 11.6 Å². The minimum absolute atomic E-state index is 0.0136. The molecule has 1 aromatic carbocycles. The van der Waals surface area contributed by atoms with Crippen LogP contribution in [0.4, 0.5) is 13.2 Å². The Hall–Kier alpha value is -0.940. The number of benzene rings is 1. The third-order valence-electron chi connectivity index (χ3n) is 2.57. The van der Waals surface area contributed by atoms with Crippen molar-refractivity contribution in [3.8, 4) is 5.75 Å². The normalized spacial score (nSPS) is 13.4. The largest absolute Gasteiger partial charge is 0.496 e. The first-order valence-electron chi connectivity index (χ1n) is 5.49. The molecule has 1 atom stereocenters. The van der Waals surface area contributed by atoms with E-state index in [1.54, 1.807) is 18.2 Å². The summed E-state index contributed by atoms with van der Waals surface area (Å²) in [6.45, 7) is 0. The van der Waals surface area contributed by atoms with Crippen LogP contribution in [0.1, 0.15) is 30.9 Å². The van der Waals surface area contributed by atoms with E-state index in [-0.39, 0.29) is 12.8 Å². The second-order valence-corrected chi connectivity index (χ2v) is 4.44. The Morgan fingerprint density at radius 3 is 2.61 bits per heavy atom. The molecular formula is C12H15ClF3NO. The Kier molecular flexibility index (Phi) is 5.28. The van der Waals surface area contributed by atoms with Crippen LogP contribution in [0.15, 0.2) is 18.2 Å². The molecular weight excluding hydrogens is 267 g/mol. The van der Waals surface area contributed by atoms with Crippen molar-refractivity contribution in [2.75, 3.05) is 7.11 Å². The van der Waals surface area contributed by atoms with Crippen LogP contribution in [0.2, 0.25) is 5.02 Å². The highest BCUT2D eigenvalue weighted by molar-refractivity contribution is 6.30. The van der Waals surface area contributed by atoms with Gasteiger partial charge in [-0.1, -0.05) is 11.6 Å². The minimum atomic E-state index is -4.14. The molecule has 0 bridgehead atoms. The van der Waals surface area contributed by atoms with Gasteiger partial charge in [0.05, 0.1) is 7.11 Å². The molecule has 6 heteroatoms. The van der Waals surface area contributed by atoms with Gasteiger partial charge in [0.25, 0.3) is 0 Å². The van der Waals surface area contributed by atoms with Gasteiger partial charge in [0, 0.05) is 23.0 Å². The van der Waals surface area contributed by atoms with E-state index in [1.807, 2.05) is 0 Å². The van der Waals surface area contributed by atoms with Crippen molar-refractivity contribution < 1.29 is 17.9 Å². The number of alkyl halides is 3. The van der Waals surface area contributed by atoms with Crippen LogP contribution in [0.3, 0.4) is 0 Å². The Balaban J connectivity index is 2.66. The van der Waals surface area contributed by atoms with E-state index in [4.69, 9.17) is 22.1 Å². The lowest BCUT2D eigenvalue weighted by atomic mass is 10.0. The number of methoxy groups -OCH3 is 1. The number of hydrogen-bond acceptors (Lipinski definition) is 2. The molecule has 0 heterocycles. The van der Waals surface area contributed by atoms with Gasteiger partial charge in [-0.15, -0.1) is 0 Å². The number of halogens is 4. The van der Waals surface area contributed by atoms with Gasteiger partial charge in [-0.25, -0.2) is 0 Å². The maximum atomic E-state index is 12.0. The van der Waals surface area contributed by atoms with E-state index < -0.39 is 18.6 Å². The highest BCUT2D eigenvalue weighted by Crippen LogP contribution is 2.31. The van der Waals surface area contributed by atoms with Crippen LogP contribution >= 0.6 is 11.6 Å². The van der Waals surface area contributed by atoms with E-state index in [0.717, 1.165) is 0 Å². The molecule has 0 saturated carbocycles. The lowest BCUT2D eigenvalue weighted by Gasteiger charge is -2.16. The van der Waals surface area contributed by atoms with Crippen LogP contribution in [-0.2, 0) is 0 Å². The Morgan fingerprint density at radius 1 is 1.39 bits per heavy atom. The van der Waals surface area contributed by atoms with Crippen LogP contribution in [0.5, 0.6) is 5.75 Å². The third kappa shape index (κ3) is 4.74. The maximum Gasteiger partial charge on any atom is 0.389 e. The lowest BCUT2D eigenvalue weighted by molar-refractivity contribution is -0.135. The zero-order chi connectivity index (χ0) is 13.8. The molecule has 0 spiro atoms. The molecule has 0 aromatic heterocycles. The van der Waals surface area contributed by atoms with Gasteiger partial charge in [-0.2, -0.15) is 13.2 Å². The van der Waals surface area contributed by atoms with Crippen molar-refractivity contribution in [3.05, 3.63) is 28.8 Å². The Labute approximate surface area is 109 Å². The van der Waals surface area contributed by atoms with Crippen molar-refractivity contribution in [3.63, 3.8) is 0 Å². The molecule has 0 saturated heterocycles. The summed E-state index contributed by atoms with van der Waals surface area (Å²) in [5.41, 5.74) is 6.50. The van der Waals surface area contributed by atoms with Crippen molar-refractivity contribution in [1.82, 2.24) is 0 Å². The number of hydrogen-bond donors (Lipinski definition) is 1. The molecule has 2 nitrogen and oxygen atoms in total. The summed E-state index contributed by atoms with van der Waals surface area (Å²) in [4.78, 5) is 0. The fourth-order valence-electron chi connectivity index (χ4n) is 1.67. The predicted molar refractivity (Wildman–Crippen MR) is 64.8 cm³/mol. The van der Waals surface area contributed by atoms with Crippen LogP contribution in [0, 0.1) is 0 Å². The van der Waals surface area contributed by atoms with E-state index in [9.17, 15) is 13.2 Å².